The largest absolute Gasteiger partial charge is 0.496 e. The third-order valence-corrected chi connectivity index (χ3v) is 3.97. The van der Waals surface area contributed by atoms with Crippen LogP contribution in [0.5, 0.6) is 0 Å². The topological polar surface area (TPSA) is 96.3 Å². The Morgan fingerprint density at radius 3 is 2.29 bits per heavy atom. The van der Waals surface area contributed by atoms with Crippen molar-refractivity contribution < 1.29 is 13.7 Å². The lowest BCUT2D eigenvalue weighted by Crippen LogP contribution is -2.41. The summed E-state index contributed by atoms with van der Waals surface area (Å²) in [6, 6.07) is 1.87. The normalized spacial score (nSPS) is 19.9. The molecule has 0 aromatic carbocycles. The Bertz CT molecular complexity index is 655. The van der Waals surface area contributed by atoms with Crippen molar-refractivity contribution in [2.45, 2.75) is 38.9 Å². The Balaban J connectivity index is 1.91. The van der Waals surface area contributed by atoms with E-state index < -0.39 is 18.3 Å². The van der Waals surface area contributed by atoms with Gasteiger partial charge < -0.3 is 19.5 Å². The fourth-order valence-corrected chi connectivity index (χ4v) is 2.03. The van der Waals surface area contributed by atoms with E-state index in [-0.39, 0.29) is 6.01 Å². The lowest BCUT2D eigenvalue weighted by Gasteiger charge is -2.32. The molecule has 3 heterocycles. The van der Waals surface area contributed by atoms with Gasteiger partial charge in [0.05, 0.1) is 16.8 Å². The molecular formula is C13H17BN4O3. The zero-order chi connectivity index (χ0) is 15.3. The van der Waals surface area contributed by atoms with Crippen molar-refractivity contribution in [3.8, 4) is 11.5 Å². The van der Waals surface area contributed by atoms with Gasteiger partial charge in [-0.15, -0.1) is 5.10 Å². The Morgan fingerprint density at radius 2 is 1.71 bits per heavy atom. The maximum Gasteiger partial charge on any atom is 0.496 e. The summed E-state index contributed by atoms with van der Waals surface area (Å²) in [5.41, 5.74) is 6.10. The summed E-state index contributed by atoms with van der Waals surface area (Å²) < 4.78 is 17.2. The zero-order valence-corrected chi connectivity index (χ0v) is 12.5. The molecule has 8 heteroatoms. The fourth-order valence-electron chi connectivity index (χ4n) is 2.03. The average molecular weight is 288 g/mol. The van der Waals surface area contributed by atoms with E-state index in [0.717, 1.165) is 5.46 Å². The summed E-state index contributed by atoms with van der Waals surface area (Å²) in [5.74, 6) is 0.318. The first kappa shape index (κ1) is 14.0. The minimum Gasteiger partial charge on any atom is -0.404 e. The zero-order valence-electron chi connectivity index (χ0n) is 12.5. The van der Waals surface area contributed by atoms with Gasteiger partial charge in [-0.05, 0) is 33.8 Å². The lowest BCUT2D eigenvalue weighted by atomic mass is 9.80. The van der Waals surface area contributed by atoms with Crippen LogP contribution >= 0.6 is 0 Å². The second-order valence-electron chi connectivity index (χ2n) is 6.04. The molecule has 1 aliphatic heterocycles. The third-order valence-electron chi connectivity index (χ3n) is 3.97. The molecule has 0 atom stereocenters. The van der Waals surface area contributed by atoms with Crippen LogP contribution in [0.25, 0.3) is 11.5 Å². The van der Waals surface area contributed by atoms with Crippen LogP contribution in [0.15, 0.2) is 22.9 Å². The lowest BCUT2D eigenvalue weighted by molar-refractivity contribution is 0.00578. The molecule has 0 bridgehead atoms. The predicted molar refractivity (Wildman–Crippen MR) is 77.7 cm³/mol. The second-order valence-corrected chi connectivity index (χ2v) is 6.04. The van der Waals surface area contributed by atoms with E-state index in [2.05, 4.69) is 15.2 Å². The number of rotatable bonds is 2. The monoisotopic (exact) mass is 288 g/mol. The molecule has 1 saturated heterocycles. The molecule has 110 valence electrons. The van der Waals surface area contributed by atoms with Gasteiger partial charge in [0.2, 0.25) is 0 Å². The molecule has 0 radical (unpaired) electrons. The van der Waals surface area contributed by atoms with E-state index in [1.807, 2.05) is 33.8 Å². The Morgan fingerprint density at radius 1 is 1.05 bits per heavy atom. The number of nitrogen functional groups attached to an aromatic ring is 1. The van der Waals surface area contributed by atoms with Crippen LogP contribution in [0.2, 0.25) is 0 Å². The van der Waals surface area contributed by atoms with E-state index in [0.29, 0.717) is 11.5 Å². The van der Waals surface area contributed by atoms with Crippen LogP contribution in [0.1, 0.15) is 27.7 Å². The van der Waals surface area contributed by atoms with Crippen molar-refractivity contribution in [2.24, 2.45) is 0 Å². The van der Waals surface area contributed by atoms with Crippen LogP contribution in [-0.4, -0.2) is 33.5 Å². The van der Waals surface area contributed by atoms with Crippen molar-refractivity contribution in [2.75, 3.05) is 5.73 Å². The molecule has 7 nitrogen and oxygen atoms in total. The molecule has 0 aliphatic carbocycles. The van der Waals surface area contributed by atoms with E-state index in [9.17, 15) is 0 Å². The molecule has 0 unspecified atom stereocenters. The van der Waals surface area contributed by atoms with E-state index in [4.69, 9.17) is 19.5 Å². The van der Waals surface area contributed by atoms with Gasteiger partial charge in [-0.2, -0.15) is 0 Å². The van der Waals surface area contributed by atoms with Gasteiger partial charge in [0.1, 0.15) is 0 Å². The maximum absolute atomic E-state index is 5.99. The van der Waals surface area contributed by atoms with Crippen molar-refractivity contribution in [3.63, 3.8) is 0 Å². The highest BCUT2D eigenvalue weighted by Crippen LogP contribution is 2.36. The SMILES string of the molecule is CC1(C)OB(c2cncc(-c3nnc(N)o3)c2)OC1(C)C. The first-order valence-corrected chi connectivity index (χ1v) is 6.68. The molecule has 2 aromatic heterocycles. The molecule has 3 rings (SSSR count). The van der Waals surface area contributed by atoms with Crippen molar-refractivity contribution >= 4 is 18.6 Å². The van der Waals surface area contributed by atoms with Gasteiger partial charge in [0.15, 0.2) is 0 Å². The molecule has 0 saturated carbocycles. The Kier molecular flexibility index (Phi) is 3.03. The Labute approximate surface area is 123 Å². The molecule has 21 heavy (non-hydrogen) atoms. The first-order valence-electron chi connectivity index (χ1n) is 6.68. The van der Waals surface area contributed by atoms with E-state index in [1.54, 1.807) is 12.4 Å². The number of hydrogen-bond donors (Lipinski definition) is 1. The summed E-state index contributed by atoms with van der Waals surface area (Å²) in [4.78, 5) is 4.18. The molecule has 2 N–H and O–H groups in total. The molecule has 2 aromatic rings. The van der Waals surface area contributed by atoms with Crippen molar-refractivity contribution in [3.05, 3.63) is 18.5 Å². The predicted octanol–water partition coefficient (Wildman–Crippen LogP) is 1.01. The number of pyridine rings is 1. The molecule has 0 amide bonds. The van der Waals surface area contributed by atoms with Crippen LogP contribution in [0.3, 0.4) is 0 Å². The minimum absolute atomic E-state index is 0.0195. The first-order chi connectivity index (χ1) is 9.78. The highest BCUT2D eigenvalue weighted by Gasteiger charge is 2.51. The van der Waals surface area contributed by atoms with Gasteiger partial charge in [0.25, 0.3) is 5.89 Å². The van der Waals surface area contributed by atoms with Gasteiger partial charge >= 0.3 is 13.1 Å². The number of anilines is 1. The molecule has 0 spiro atoms. The van der Waals surface area contributed by atoms with Crippen LogP contribution in [0.4, 0.5) is 6.01 Å². The van der Waals surface area contributed by atoms with Gasteiger partial charge in [0, 0.05) is 17.9 Å². The summed E-state index contributed by atoms with van der Waals surface area (Å²) in [6.07, 6.45) is 3.33. The molecule has 1 aliphatic rings. The summed E-state index contributed by atoms with van der Waals surface area (Å²) >= 11 is 0. The standard InChI is InChI=1S/C13H17BN4O3/c1-12(2)13(3,4)21-14(20-12)9-5-8(6-16-7-9)10-17-18-11(15)19-10/h5-7H,1-4H3,(H2,15,18). The van der Waals surface area contributed by atoms with Crippen LogP contribution in [0, 0.1) is 0 Å². The quantitative estimate of drug-likeness (QED) is 0.824. The van der Waals surface area contributed by atoms with Crippen LogP contribution in [-0.2, 0) is 9.31 Å². The maximum atomic E-state index is 5.99. The highest BCUT2D eigenvalue weighted by molar-refractivity contribution is 6.62. The number of nitrogens with zero attached hydrogens (tertiary/aromatic N) is 3. The second kappa shape index (κ2) is 4.54. The summed E-state index contributed by atoms with van der Waals surface area (Å²) in [6.45, 7) is 8.01. The number of nitrogens with two attached hydrogens (primary N) is 1. The van der Waals surface area contributed by atoms with Gasteiger partial charge in [-0.3, -0.25) is 4.98 Å². The minimum atomic E-state index is -0.484. The van der Waals surface area contributed by atoms with Gasteiger partial charge in [-0.1, -0.05) is 5.10 Å². The van der Waals surface area contributed by atoms with E-state index in [1.165, 1.54) is 0 Å². The molecular weight excluding hydrogens is 271 g/mol. The van der Waals surface area contributed by atoms with Crippen molar-refractivity contribution in [1.29, 1.82) is 0 Å². The summed E-state index contributed by atoms with van der Waals surface area (Å²) in [5, 5.41) is 7.48. The average Bonchev–Trinajstić information content (AvgIpc) is 2.92. The Hall–Kier alpha value is -1.93. The fraction of sp³-hybridized carbons (Fsp3) is 0.462. The van der Waals surface area contributed by atoms with Gasteiger partial charge in [-0.25, -0.2) is 0 Å². The molecule has 1 fully saturated rings. The third kappa shape index (κ3) is 2.40. The van der Waals surface area contributed by atoms with Crippen LogP contribution < -0.4 is 11.2 Å². The number of aromatic nitrogens is 3. The van der Waals surface area contributed by atoms with E-state index >= 15 is 0 Å². The number of hydrogen-bond acceptors (Lipinski definition) is 7. The smallest absolute Gasteiger partial charge is 0.404 e. The van der Waals surface area contributed by atoms with Crippen molar-refractivity contribution in [1.82, 2.24) is 15.2 Å². The highest BCUT2D eigenvalue weighted by atomic mass is 16.7. The summed E-state index contributed by atoms with van der Waals surface area (Å²) in [7, 11) is -0.484.